The van der Waals surface area contributed by atoms with E-state index >= 15 is 0 Å². The summed E-state index contributed by atoms with van der Waals surface area (Å²) < 4.78 is 10.7. The fourth-order valence-corrected chi connectivity index (χ4v) is 6.59. The zero-order valence-corrected chi connectivity index (χ0v) is 26.1. The third kappa shape index (κ3) is 8.15. The van der Waals surface area contributed by atoms with Crippen LogP contribution in [0.4, 0.5) is 0 Å². The Balaban J connectivity index is 1.26. The third-order valence-electron chi connectivity index (χ3n) is 8.86. The minimum absolute atomic E-state index is 0.0371. The lowest BCUT2D eigenvalue weighted by Crippen LogP contribution is -2.29. The van der Waals surface area contributed by atoms with Crippen LogP contribution in [0.15, 0.2) is 44.8 Å². The van der Waals surface area contributed by atoms with Gasteiger partial charge in [-0.25, -0.2) is 9.59 Å². The van der Waals surface area contributed by atoms with Gasteiger partial charge in [0, 0.05) is 63.3 Å². The first kappa shape index (κ1) is 34.3. The first-order chi connectivity index (χ1) is 22.3. The SMILES string of the molecule is N#CC1=C(N2CCCC2)CC(O)C/C1=C(/C#N)C(=O)OCCCCCCOC(=O)/C(C#N)=C1\CC(O)CC(N2CCCC2)=C1C#N. The number of rotatable bonds is 11. The van der Waals surface area contributed by atoms with Gasteiger partial charge in [-0.2, -0.15) is 21.0 Å². The molecule has 0 radical (unpaired) electrons. The predicted molar refractivity (Wildman–Crippen MR) is 163 cm³/mol. The average Bonchev–Trinajstić information content (AvgIpc) is 3.78. The highest BCUT2D eigenvalue weighted by molar-refractivity contribution is 5.95. The van der Waals surface area contributed by atoms with Crippen molar-refractivity contribution in [3.63, 3.8) is 0 Å². The van der Waals surface area contributed by atoms with Crippen LogP contribution in [0.2, 0.25) is 0 Å². The molecule has 2 aliphatic carbocycles. The molecule has 2 aliphatic heterocycles. The number of nitrogens with zero attached hydrogens (tertiary/aromatic N) is 6. The Morgan fingerprint density at radius 2 is 1.00 bits per heavy atom. The Labute approximate surface area is 269 Å². The molecule has 2 heterocycles. The van der Waals surface area contributed by atoms with Crippen LogP contribution in [-0.2, 0) is 19.1 Å². The van der Waals surface area contributed by atoms with E-state index in [4.69, 9.17) is 9.47 Å². The first-order valence-electron chi connectivity index (χ1n) is 16.1. The van der Waals surface area contributed by atoms with E-state index in [-0.39, 0.29) is 59.5 Å². The molecule has 4 rings (SSSR count). The summed E-state index contributed by atoms with van der Waals surface area (Å²) in [5.41, 5.74) is 1.86. The maximum atomic E-state index is 12.8. The van der Waals surface area contributed by atoms with Crippen molar-refractivity contribution in [2.24, 2.45) is 0 Å². The van der Waals surface area contributed by atoms with E-state index in [1.165, 1.54) is 0 Å². The van der Waals surface area contributed by atoms with E-state index in [1.807, 2.05) is 21.9 Å². The lowest BCUT2D eigenvalue weighted by molar-refractivity contribution is -0.140. The topological polar surface area (TPSA) is 195 Å². The van der Waals surface area contributed by atoms with Crippen molar-refractivity contribution in [2.75, 3.05) is 39.4 Å². The van der Waals surface area contributed by atoms with Crippen LogP contribution in [0.1, 0.15) is 77.0 Å². The molecule has 2 saturated heterocycles. The molecule has 2 atom stereocenters. The molecule has 0 spiro atoms. The van der Waals surface area contributed by atoms with Gasteiger partial charge in [-0.05, 0) is 62.5 Å². The van der Waals surface area contributed by atoms with Crippen molar-refractivity contribution in [3.8, 4) is 24.3 Å². The highest BCUT2D eigenvalue weighted by atomic mass is 16.5. The summed E-state index contributed by atoms with van der Waals surface area (Å²) in [6.07, 6.45) is 5.33. The van der Waals surface area contributed by atoms with E-state index < -0.39 is 24.1 Å². The van der Waals surface area contributed by atoms with Crippen molar-refractivity contribution in [1.82, 2.24) is 9.80 Å². The van der Waals surface area contributed by atoms with Crippen molar-refractivity contribution in [3.05, 3.63) is 44.8 Å². The molecule has 12 heteroatoms. The number of nitriles is 4. The molecule has 4 aliphatic rings. The predicted octanol–water partition coefficient (Wildman–Crippen LogP) is 3.33. The molecule has 2 unspecified atom stereocenters. The molecular weight excluding hydrogens is 588 g/mol. The number of allylic oxidation sites excluding steroid dienone is 2. The average molecular weight is 629 g/mol. The number of likely N-dealkylation sites (tertiary alicyclic amines) is 2. The number of carbonyl (C=O) groups is 2. The lowest BCUT2D eigenvalue weighted by atomic mass is 9.86. The van der Waals surface area contributed by atoms with Crippen LogP contribution in [-0.4, -0.2) is 83.6 Å². The molecule has 0 amide bonds. The summed E-state index contributed by atoms with van der Waals surface area (Å²) in [4.78, 5) is 29.7. The van der Waals surface area contributed by atoms with Crippen LogP contribution >= 0.6 is 0 Å². The van der Waals surface area contributed by atoms with Gasteiger partial charge in [0.1, 0.15) is 35.4 Å². The highest BCUT2D eigenvalue weighted by Gasteiger charge is 2.34. The largest absolute Gasteiger partial charge is 0.462 e. The van der Waals surface area contributed by atoms with Crippen LogP contribution in [0.25, 0.3) is 0 Å². The molecule has 0 bridgehead atoms. The number of aliphatic hydroxyl groups excluding tert-OH is 2. The van der Waals surface area contributed by atoms with Crippen molar-refractivity contribution >= 4 is 11.9 Å². The van der Waals surface area contributed by atoms with E-state index in [0.29, 0.717) is 49.9 Å². The Kier molecular flexibility index (Phi) is 12.4. The van der Waals surface area contributed by atoms with Crippen molar-refractivity contribution < 1.29 is 29.3 Å². The lowest BCUT2D eigenvalue weighted by Gasteiger charge is -2.30. The van der Waals surface area contributed by atoms with E-state index in [9.17, 15) is 40.8 Å². The van der Waals surface area contributed by atoms with Gasteiger partial charge < -0.3 is 29.5 Å². The maximum Gasteiger partial charge on any atom is 0.349 e. The molecule has 2 fully saturated rings. The molecular formula is C34H40N6O6. The summed E-state index contributed by atoms with van der Waals surface area (Å²) in [7, 11) is 0. The smallest absolute Gasteiger partial charge is 0.349 e. The van der Waals surface area contributed by atoms with Gasteiger partial charge >= 0.3 is 11.9 Å². The van der Waals surface area contributed by atoms with Gasteiger partial charge in [-0.15, -0.1) is 0 Å². The number of hydrogen-bond donors (Lipinski definition) is 2. The maximum absolute atomic E-state index is 12.8. The highest BCUT2D eigenvalue weighted by Crippen LogP contribution is 2.36. The summed E-state index contributed by atoms with van der Waals surface area (Å²) in [6.45, 7) is 3.19. The van der Waals surface area contributed by atoms with Crippen molar-refractivity contribution in [1.29, 1.82) is 21.0 Å². The van der Waals surface area contributed by atoms with E-state index in [2.05, 4.69) is 12.1 Å². The zero-order chi connectivity index (χ0) is 33.1. The molecule has 2 N–H and O–H groups in total. The molecule has 242 valence electrons. The molecule has 0 aromatic carbocycles. The Morgan fingerprint density at radius 1 is 0.630 bits per heavy atom. The Bertz CT molecular complexity index is 1370. The molecule has 0 aromatic rings. The second-order valence-corrected chi connectivity index (χ2v) is 12.0. The van der Waals surface area contributed by atoms with Gasteiger partial charge in [0.15, 0.2) is 0 Å². The van der Waals surface area contributed by atoms with Crippen LogP contribution < -0.4 is 0 Å². The fourth-order valence-electron chi connectivity index (χ4n) is 6.59. The number of unbranched alkanes of at least 4 members (excludes halogenated alkanes) is 3. The fraction of sp³-hybridized carbons (Fsp3) is 0.588. The van der Waals surface area contributed by atoms with Crippen LogP contribution in [0.5, 0.6) is 0 Å². The monoisotopic (exact) mass is 628 g/mol. The summed E-state index contributed by atoms with van der Waals surface area (Å²) in [5, 5.41) is 60.1. The third-order valence-corrected chi connectivity index (χ3v) is 8.86. The Morgan fingerprint density at radius 3 is 1.33 bits per heavy atom. The van der Waals surface area contributed by atoms with E-state index in [1.54, 1.807) is 0 Å². The number of ether oxygens (including phenoxy) is 2. The number of esters is 2. The zero-order valence-electron chi connectivity index (χ0n) is 26.1. The van der Waals surface area contributed by atoms with Crippen molar-refractivity contribution in [2.45, 2.75) is 89.3 Å². The quantitative estimate of drug-likeness (QED) is 0.147. The van der Waals surface area contributed by atoms with Crippen LogP contribution in [0.3, 0.4) is 0 Å². The summed E-state index contributed by atoms with van der Waals surface area (Å²) in [5.74, 6) is -1.64. The van der Waals surface area contributed by atoms with E-state index in [0.717, 1.165) is 51.9 Å². The summed E-state index contributed by atoms with van der Waals surface area (Å²) in [6, 6.07) is 8.07. The Hall–Kier alpha value is -4.62. The van der Waals surface area contributed by atoms with Gasteiger partial charge in [0.05, 0.1) is 36.6 Å². The number of aliphatic hydroxyl groups is 2. The second-order valence-electron chi connectivity index (χ2n) is 12.0. The van der Waals surface area contributed by atoms with Gasteiger partial charge in [-0.3, -0.25) is 0 Å². The van der Waals surface area contributed by atoms with Gasteiger partial charge in [-0.1, -0.05) is 0 Å². The summed E-state index contributed by atoms with van der Waals surface area (Å²) >= 11 is 0. The second kappa shape index (κ2) is 16.6. The molecule has 0 saturated carbocycles. The minimum Gasteiger partial charge on any atom is -0.462 e. The molecule has 12 nitrogen and oxygen atoms in total. The minimum atomic E-state index is -0.822. The normalized spacial score (nSPS) is 23.7. The number of carbonyl (C=O) groups excluding carboxylic acids is 2. The van der Waals surface area contributed by atoms with Gasteiger partial charge in [0.25, 0.3) is 0 Å². The van der Waals surface area contributed by atoms with Crippen LogP contribution in [0, 0.1) is 45.3 Å². The molecule has 46 heavy (non-hydrogen) atoms. The number of hydrogen-bond acceptors (Lipinski definition) is 12. The molecule has 0 aromatic heterocycles. The van der Waals surface area contributed by atoms with Gasteiger partial charge in [0.2, 0.25) is 0 Å². The standard InChI is InChI=1S/C34H40N6O6/c35-19-27-25(15-23(41)17-31(27)39-9-3-4-10-39)29(21-37)33(43)45-13-7-1-2-8-14-46-34(44)30(22-38)26-16-24(42)18-32(28(26)20-36)40-11-5-6-12-40/h23-24,41-42H,1-18H2/b29-25+,30-26+. The first-order valence-corrected chi connectivity index (χ1v) is 16.1.